The monoisotopic (exact) mass is 394 g/mol. The van der Waals surface area contributed by atoms with Crippen molar-refractivity contribution in [3.8, 4) is 5.75 Å². The molecule has 1 aliphatic heterocycles. The van der Waals surface area contributed by atoms with E-state index in [0.717, 1.165) is 42.9 Å². The summed E-state index contributed by atoms with van der Waals surface area (Å²) in [5, 5.41) is 3.26. The predicted octanol–water partition coefficient (Wildman–Crippen LogP) is 5.72. The molecule has 1 amide bonds. The van der Waals surface area contributed by atoms with E-state index in [2.05, 4.69) is 68.2 Å². The van der Waals surface area contributed by atoms with Gasteiger partial charge in [0.2, 0.25) is 5.91 Å². The van der Waals surface area contributed by atoms with E-state index in [1.807, 2.05) is 6.07 Å². The van der Waals surface area contributed by atoms with Gasteiger partial charge in [0.15, 0.2) is 0 Å². The number of carbonyl (C=O) groups excluding carboxylic acids is 1. The van der Waals surface area contributed by atoms with E-state index in [9.17, 15) is 4.79 Å². The number of hydrogen-bond acceptors (Lipinski definition) is 3. The fraction of sp³-hybridized carbons (Fsp3) is 0.480. The lowest BCUT2D eigenvalue weighted by atomic mass is 9.92. The van der Waals surface area contributed by atoms with Crippen LogP contribution in [-0.2, 0) is 11.2 Å². The van der Waals surface area contributed by atoms with Crippen LogP contribution in [0, 0.1) is 0 Å². The quantitative estimate of drug-likeness (QED) is 0.681. The SMILES string of the molecule is COc1ccc2c(c1)CCCCN2CC(=O)Nc1c(C(C)C)cccc1C(C)C. The van der Waals surface area contributed by atoms with Gasteiger partial charge in [-0.15, -0.1) is 0 Å². The summed E-state index contributed by atoms with van der Waals surface area (Å²) in [5.74, 6) is 1.64. The lowest BCUT2D eigenvalue weighted by Gasteiger charge is -2.26. The summed E-state index contributed by atoms with van der Waals surface area (Å²) in [7, 11) is 1.70. The fourth-order valence-corrected chi connectivity index (χ4v) is 4.15. The number of nitrogens with one attached hydrogen (secondary N) is 1. The summed E-state index contributed by atoms with van der Waals surface area (Å²) in [6.45, 7) is 9.96. The third-order valence-corrected chi connectivity index (χ3v) is 5.72. The largest absolute Gasteiger partial charge is 0.497 e. The molecule has 0 unspecified atom stereocenters. The Morgan fingerprint density at radius 1 is 1.07 bits per heavy atom. The van der Waals surface area contributed by atoms with E-state index in [1.165, 1.54) is 16.7 Å². The maximum Gasteiger partial charge on any atom is 0.243 e. The van der Waals surface area contributed by atoms with Gasteiger partial charge < -0.3 is 15.0 Å². The van der Waals surface area contributed by atoms with Crippen molar-refractivity contribution >= 4 is 17.3 Å². The molecule has 4 nitrogen and oxygen atoms in total. The van der Waals surface area contributed by atoms with Crippen LogP contribution in [0.1, 0.15) is 69.1 Å². The number of ether oxygens (including phenoxy) is 1. The van der Waals surface area contributed by atoms with Crippen molar-refractivity contribution in [2.24, 2.45) is 0 Å². The number of hydrogen-bond donors (Lipinski definition) is 1. The summed E-state index contributed by atoms with van der Waals surface area (Å²) in [5.41, 5.74) is 5.81. The molecule has 2 aromatic rings. The van der Waals surface area contributed by atoms with Crippen molar-refractivity contribution in [1.29, 1.82) is 0 Å². The van der Waals surface area contributed by atoms with Crippen molar-refractivity contribution in [3.05, 3.63) is 53.1 Å². The fourth-order valence-electron chi connectivity index (χ4n) is 4.15. The number of carbonyl (C=O) groups is 1. The van der Waals surface area contributed by atoms with Crippen molar-refractivity contribution in [2.75, 3.05) is 30.4 Å². The molecule has 0 atom stereocenters. The van der Waals surface area contributed by atoms with Crippen LogP contribution in [0.15, 0.2) is 36.4 Å². The molecule has 1 N–H and O–H groups in total. The van der Waals surface area contributed by atoms with E-state index in [0.29, 0.717) is 18.4 Å². The van der Waals surface area contributed by atoms with Crippen molar-refractivity contribution in [1.82, 2.24) is 0 Å². The topological polar surface area (TPSA) is 41.6 Å². The molecule has 0 saturated carbocycles. The van der Waals surface area contributed by atoms with Gasteiger partial charge in [-0.05, 0) is 66.0 Å². The van der Waals surface area contributed by atoms with Gasteiger partial charge in [0, 0.05) is 17.9 Å². The zero-order chi connectivity index (χ0) is 21.0. The second-order valence-corrected chi connectivity index (χ2v) is 8.54. The summed E-state index contributed by atoms with van der Waals surface area (Å²) in [4.78, 5) is 15.3. The third-order valence-electron chi connectivity index (χ3n) is 5.72. The third kappa shape index (κ3) is 4.92. The van der Waals surface area contributed by atoms with E-state index in [1.54, 1.807) is 7.11 Å². The minimum Gasteiger partial charge on any atom is -0.497 e. The lowest BCUT2D eigenvalue weighted by Crippen LogP contribution is -2.34. The molecule has 2 aromatic carbocycles. The zero-order valence-corrected chi connectivity index (χ0v) is 18.4. The van der Waals surface area contributed by atoms with Crippen LogP contribution in [-0.4, -0.2) is 26.1 Å². The standard InChI is InChI=1S/C25H34N2O2/c1-17(2)21-10-8-11-22(18(3)4)25(21)26-24(28)16-27-14-7-6-9-19-15-20(29-5)12-13-23(19)27/h8,10-13,15,17-18H,6-7,9,14,16H2,1-5H3,(H,26,28). The highest BCUT2D eigenvalue weighted by Gasteiger charge is 2.21. The van der Waals surface area contributed by atoms with E-state index >= 15 is 0 Å². The Bertz CT molecular complexity index is 832. The highest BCUT2D eigenvalue weighted by molar-refractivity contribution is 5.96. The van der Waals surface area contributed by atoms with Crippen LogP contribution < -0.4 is 15.0 Å². The number of aryl methyl sites for hydroxylation is 1. The molecule has 4 heteroatoms. The molecule has 1 heterocycles. The lowest BCUT2D eigenvalue weighted by molar-refractivity contribution is -0.115. The molecule has 0 aromatic heterocycles. The number of methoxy groups -OCH3 is 1. The first-order chi connectivity index (χ1) is 13.9. The number of fused-ring (bicyclic) bond motifs is 1. The van der Waals surface area contributed by atoms with Gasteiger partial charge in [0.25, 0.3) is 0 Å². The Morgan fingerprint density at radius 3 is 2.38 bits per heavy atom. The summed E-state index contributed by atoms with van der Waals surface area (Å²) in [6.07, 6.45) is 3.24. The average molecular weight is 395 g/mol. The highest BCUT2D eigenvalue weighted by atomic mass is 16.5. The summed E-state index contributed by atoms with van der Waals surface area (Å²) in [6, 6.07) is 12.5. The first-order valence-electron chi connectivity index (χ1n) is 10.7. The molecule has 156 valence electrons. The van der Waals surface area contributed by atoms with Crippen LogP contribution in [0.4, 0.5) is 11.4 Å². The number of benzene rings is 2. The normalized spacial score (nSPS) is 14.0. The van der Waals surface area contributed by atoms with E-state index < -0.39 is 0 Å². The number of nitrogens with zero attached hydrogens (tertiary/aromatic N) is 1. The number of anilines is 2. The Hall–Kier alpha value is -2.49. The van der Waals surface area contributed by atoms with Crippen LogP contribution in [0.25, 0.3) is 0 Å². The highest BCUT2D eigenvalue weighted by Crippen LogP contribution is 2.33. The van der Waals surface area contributed by atoms with Crippen LogP contribution in [0.2, 0.25) is 0 Å². The molecular weight excluding hydrogens is 360 g/mol. The van der Waals surface area contributed by atoms with Gasteiger partial charge >= 0.3 is 0 Å². The van der Waals surface area contributed by atoms with Crippen molar-refractivity contribution in [3.63, 3.8) is 0 Å². The van der Waals surface area contributed by atoms with Gasteiger partial charge in [-0.3, -0.25) is 4.79 Å². The van der Waals surface area contributed by atoms with Gasteiger partial charge in [0.05, 0.1) is 13.7 Å². The molecule has 3 rings (SSSR count). The first-order valence-corrected chi connectivity index (χ1v) is 10.7. The first kappa shape index (κ1) is 21.2. The Balaban J connectivity index is 1.84. The second-order valence-electron chi connectivity index (χ2n) is 8.54. The van der Waals surface area contributed by atoms with Gasteiger partial charge in [-0.25, -0.2) is 0 Å². The minimum atomic E-state index is 0.0451. The average Bonchev–Trinajstić information content (AvgIpc) is 2.89. The van der Waals surface area contributed by atoms with Gasteiger partial charge in [-0.1, -0.05) is 45.9 Å². The Labute approximate surface area is 175 Å². The minimum absolute atomic E-state index is 0.0451. The van der Waals surface area contributed by atoms with Crippen molar-refractivity contribution in [2.45, 2.75) is 58.8 Å². The Kier molecular flexibility index (Phi) is 6.83. The number of para-hydroxylation sites is 1. The zero-order valence-electron chi connectivity index (χ0n) is 18.4. The molecule has 29 heavy (non-hydrogen) atoms. The predicted molar refractivity (Wildman–Crippen MR) is 121 cm³/mol. The van der Waals surface area contributed by atoms with Gasteiger partial charge in [-0.2, -0.15) is 0 Å². The number of rotatable bonds is 6. The van der Waals surface area contributed by atoms with Crippen LogP contribution in [0.3, 0.4) is 0 Å². The van der Waals surface area contributed by atoms with E-state index in [4.69, 9.17) is 4.74 Å². The van der Waals surface area contributed by atoms with E-state index in [-0.39, 0.29) is 5.91 Å². The Morgan fingerprint density at radius 2 is 1.76 bits per heavy atom. The number of amides is 1. The van der Waals surface area contributed by atoms with Crippen LogP contribution >= 0.6 is 0 Å². The van der Waals surface area contributed by atoms with Crippen LogP contribution in [0.5, 0.6) is 5.75 Å². The molecule has 1 aliphatic rings. The summed E-state index contributed by atoms with van der Waals surface area (Å²) < 4.78 is 5.39. The van der Waals surface area contributed by atoms with Gasteiger partial charge in [0.1, 0.15) is 5.75 Å². The molecular formula is C25H34N2O2. The molecule has 0 saturated heterocycles. The molecule has 0 spiro atoms. The second kappa shape index (κ2) is 9.34. The maximum atomic E-state index is 13.1. The summed E-state index contributed by atoms with van der Waals surface area (Å²) >= 11 is 0. The smallest absolute Gasteiger partial charge is 0.243 e. The maximum absolute atomic E-state index is 13.1. The molecule has 0 aliphatic carbocycles. The molecule has 0 radical (unpaired) electrons. The molecule has 0 bridgehead atoms. The molecule has 0 fully saturated rings. The van der Waals surface area contributed by atoms with Crippen molar-refractivity contribution < 1.29 is 9.53 Å².